The maximum atomic E-state index is 13.8. The Hall–Kier alpha value is -1.42. The predicted molar refractivity (Wildman–Crippen MR) is 80.6 cm³/mol. The third-order valence-electron chi connectivity index (χ3n) is 4.42. The molecule has 1 aliphatic carbocycles. The molecule has 1 aliphatic rings. The summed E-state index contributed by atoms with van der Waals surface area (Å²) in [7, 11) is 1.25. The molecule has 21 heavy (non-hydrogen) atoms. The highest BCUT2D eigenvalue weighted by Crippen LogP contribution is 2.26. The van der Waals surface area contributed by atoms with Crippen molar-refractivity contribution >= 4 is 5.97 Å². The summed E-state index contributed by atoms with van der Waals surface area (Å²) in [4.78, 5) is 11.3. The molecule has 0 unspecified atom stereocenters. The van der Waals surface area contributed by atoms with Gasteiger partial charge in [0, 0.05) is 12.6 Å². The summed E-state index contributed by atoms with van der Waals surface area (Å²) in [6, 6.07) is 5.11. The number of nitrogens with one attached hydrogen (secondary N) is 1. The van der Waals surface area contributed by atoms with Crippen LogP contribution < -0.4 is 5.32 Å². The van der Waals surface area contributed by atoms with Gasteiger partial charge in [-0.25, -0.2) is 9.18 Å². The monoisotopic (exact) mass is 293 g/mol. The Balaban J connectivity index is 1.91. The van der Waals surface area contributed by atoms with Gasteiger partial charge in [-0.15, -0.1) is 0 Å². The Kier molecular flexibility index (Phi) is 5.74. The number of rotatable bonds is 5. The van der Waals surface area contributed by atoms with Crippen molar-refractivity contribution in [1.29, 1.82) is 0 Å². The largest absolute Gasteiger partial charge is 0.465 e. The third kappa shape index (κ3) is 4.27. The van der Waals surface area contributed by atoms with Crippen molar-refractivity contribution in [2.75, 3.05) is 7.11 Å². The second-order valence-electron chi connectivity index (χ2n) is 5.87. The van der Waals surface area contributed by atoms with E-state index in [9.17, 15) is 9.18 Å². The van der Waals surface area contributed by atoms with E-state index in [-0.39, 0.29) is 5.56 Å². The second-order valence-corrected chi connectivity index (χ2v) is 5.87. The molecule has 116 valence electrons. The second kappa shape index (κ2) is 7.55. The Bertz CT molecular complexity index is 484. The Morgan fingerprint density at radius 1 is 1.38 bits per heavy atom. The van der Waals surface area contributed by atoms with E-state index in [0.29, 0.717) is 12.6 Å². The van der Waals surface area contributed by atoms with Crippen LogP contribution in [-0.2, 0) is 11.3 Å². The van der Waals surface area contributed by atoms with Crippen LogP contribution in [0.5, 0.6) is 0 Å². The zero-order valence-corrected chi connectivity index (χ0v) is 12.8. The molecule has 0 aromatic heterocycles. The lowest BCUT2D eigenvalue weighted by atomic mass is 9.84. The predicted octanol–water partition coefficient (Wildman–Crippen LogP) is 3.67. The molecule has 1 fully saturated rings. The average Bonchev–Trinajstić information content (AvgIpc) is 2.52. The molecule has 0 amide bonds. The van der Waals surface area contributed by atoms with Gasteiger partial charge in [0.2, 0.25) is 0 Å². The molecule has 2 rings (SSSR count). The lowest BCUT2D eigenvalue weighted by Gasteiger charge is -2.28. The Labute approximate surface area is 125 Å². The van der Waals surface area contributed by atoms with E-state index in [1.54, 1.807) is 6.07 Å². The zero-order valence-electron chi connectivity index (χ0n) is 12.8. The van der Waals surface area contributed by atoms with Crippen LogP contribution in [0.3, 0.4) is 0 Å². The maximum Gasteiger partial charge on any atom is 0.340 e. The van der Waals surface area contributed by atoms with Crippen molar-refractivity contribution in [1.82, 2.24) is 5.32 Å². The normalized spacial score (nSPS) is 17.5. The third-order valence-corrected chi connectivity index (χ3v) is 4.42. The summed E-state index contributed by atoms with van der Waals surface area (Å²) in [6.45, 7) is 2.82. The lowest BCUT2D eigenvalue weighted by Crippen LogP contribution is -2.34. The molecule has 0 heterocycles. The summed E-state index contributed by atoms with van der Waals surface area (Å²) >= 11 is 0. The molecule has 1 saturated carbocycles. The van der Waals surface area contributed by atoms with Crippen LogP contribution in [0.2, 0.25) is 0 Å². The van der Waals surface area contributed by atoms with Crippen LogP contribution in [0.1, 0.15) is 54.9 Å². The van der Waals surface area contributed by atoms with Gasteiger partial charge in [0.25, 0.3) is 0 Å². The van der Waals surface area contributed by atoms with E-state index in [2.05, 4.69) is 17.0 Å². The van der Waals surface area contributed by atoms with Crippen LogP contribution in [0.4, 0.5) is 4.39 Å². The number of esters is 1. The van der Waals surface area contributed by atoms with Crippen molar-refractivity contribution < 1.29 is 13.9 Å². The van der Waals surface area contributed by atoms with Gasteiger partial charge in [-0.2, -0.15) is 0 Å². The first-order valence-corrected chi connectivity index (χ1v) is 7.72. The number of methoxy groups -OCH3 is 1. The zero-order chi connectivity index (χ0) is 15.2. The minimum Gasteiger partial charge on any atom is -0.465 e. The molecule has 0 saturated heterocycles. The quantitative estimate of drug-likeness (QED) is 0.842. The van der Waals surface area contributed by atoms with E-state index in [0.717, 1.165) is 11.5 Å². The molecule has 0 radical (unpaired) electrons. The molecule has 1 aromatic rings. The molecular weight excluding hydrogens is 269 g/mol. The van der Waals surface area contributed by atoms with E-state index in [4.69, 9.17) is 0 Å². The minimum atomic E-state index is -0.636. The van der Waals surface area contributed by atoms with Crippen molar-refractivity contribution in [2.45, 2.75) is 51.6 Å². The highest BCUT2D eigenvalue weighted by atomic mass is 19.1. The molecule has 0 spiro atoms. The fraction of sp³-hybridized carbons (Fsp3) is 0.588. The SMILES string of the molecule is COC(=O)c1ccc(CN[C@H](C)C2CCCCC2)cc1F. The van der Waals surface area contributed by atoms with Crippen molar-refractivity contribution in [3.63, 3.8) is 0 Å². The summed E-state index contributed by atoms with van der Waals surface area (Å²) in [5.41, 5.74) is 0.837. The summed E-state index contributed by atoms with van der Waals surface area (Å²) in [5, 5.41) is 3.48. The lowest BCUT2D eigenvalue weighted by molar-refractivity contribution is 0.0595. The molecule has 1 atom stereocenters. The van der Waals surface area contributed by atoms with Crippen molar-refractivity contribution in [2.24, 2.45) is 5.92 Å². The molecular formula is C17H24FNO2. The molecule has 1 aromatic carbocycles. The number of hydrogen-bond donors (Lipinski definition) is 1. The first-order valence-electron chi connectivity index (χ1n) is 7.72. The summed E-state index contributed by atoms with van der Waals surface area (Å²) in [5.74, 6) is -0.438. The van der Waals surface area contributed by atoms with Crippen LogP contribution in [0, 0.1) is 11.7 Å². The fourth-order valence-corrected chi connectivity index (χ4v) is 3.02. The average molecular weight is 293 g/mol. The van der Waals surface area contributed by atoms with E-state index < -0.39 is 11.8 Å². The molecule has 1 N–H and O–H groups in total. The first-order chi connectivity index (χ1) is 10.1. The van der Waals surface area contributed by atoms with E-state index in [1.807, 2.05) is 0 Å². The number of ether oxygens (including phenoxy) is 1. The molecule has 0 aliphatic heterocycles. The smallest absolute Gasteiger partial charge is 0.340 e. The highest BCUT2D eigenvalue weighted by Gasteiger charge is 2.19. The van der Waals surface area contributed by atoms with Crippen molar-refractivity contribution in [3.8, 4) is 0 Å². The first kappa shape index (κ1) is 16.0. The number of carbonyl (C=O) groups is 1. The van der Waals surface area contributed by atoms with Crippen LogP contribution in [0.25, 0.3) is 0 Å². The van der Waals surface area contributed by atoms with Crippen LogP contribution in [-0.4, -0.2) is 19.1 Å². The fourth-order valence-electron chi connectivity index (χ4n) is 3.02. The van der Waals surface area contributed by atoms with Gasteiger partial charge in [-0.05, 0) is 43.4 Å². The Morgan fingerprint density at radius 3 is 2.71 bits per heavy atom. The highest BCUT2D eigenvalue weighted by molar-refractivity contribution is 5.89. The van der Waals surface area contributed by atoms with Gasteiger partial charge in [0.1, 0.15) is 5.82 Å². The van der Waals surface area contributed by atoms with Gasteiger partial charge in [-0.1, -0.05) is 25.3 Å². The van der Waals surface area contributed by atoms with Gasteiger partial charge < -0.3 is 10.1 Å². The topological polar surface area (TPSA) is 38.3 Å². The summed E-state index contributed by atoms with van der Waals surface area (Å²) in [6.07, 6.45) is 6.55. The number of benzene rings is 1. The Morgan fingerprint density at radius 2 is 2.10 bits per heavy atom. The van der Waals surface area contributed by atoms with Gasteiger partial charge in [0.15, 0.2) is 0 Å². The minimum absolute atomic E-state index is 0.0124. The number of carbonyl (C=O) groups excluding carboxylic acids is 1. The van der Waals surface area contributed by atoms with Gasteiger partial charge >= 0.3 is 5.97 Å². The summed E-state index contributed by atoms with van der Waals surface area (Å²) < 4.78 is 18.4. The van der Waals surface area contributed by atoms with Crippen molar-refractivity contribution in [3.05, 3.63) is 35.1 Å². The van der Waals surface area contributed by atoms with Crippen LogP contribution in [0.15, 0.2) is 18.2 Å². The molecule has 3 nitrogen and oxygen atoms in total. The van der Waals surface area contributed by atoms with Gasteiger partial charge in [-0.3, -0.25) is 0 Å². The number of hydrogen-bond acceptors (Lipinski definition) is 3. The van der Waals surface area contributed by atoms with E-state index >= 15 is 0 Å². The number of halogens is 1. The standard InChI is InChI=1S/C17H24FNO2/c1-12(14-6-4-3-5-7-14)19-11-13-8-9-15(16(18)10-13)17(20)21-2/h8-10,12,14,19H,3-7,11H2,1-2H3/t12-/m1/s1. The molecule has 0 bridgehead atoms. The molecule has 4 heteroatoms. The van der Waals surface area contributed by atoms with Crippen LogP contribution >= 0.6 is 0 Å². The van der Waals surface area contributed by atoms with E-state index in [1.165, 1.54) is 51.3 Å². The van der Waals surface area contributed by atoms with Gasteiger partial charge in [0.05, 0.1) is 12.7 Å². The maximum absolute atomic E-state index is 13.8.